The van der Waals surface area contributed by atoms with Gasteiger partial charge in [0.1, 0.15) is 30.1 Å². The molecule has 36 heavy (non-hydrogen) atoms. The summed E-state index contributed by atoms with van der Waals surface area (Å²) in [5, 5.41) is 8.22. The molecule has 0 bridgehead atoms. The Morgan fingerprint density at radius 3 is 2.22 bits per heavy atom. The molecule has 1 aliphatic carbocycles. The van der Waals surface area contributed by atoms with E-state index in [0.29, 0.717) is 25.1 Å². The van der Waals surface area contributed by atoms with Crippen molar-refractivity contribution in [3.63, 3.8) is 0 Å². The molecule has 3 amide bonds. The van der Waals surface area contributed by atoms with Crippen LogP contribution < -0.4 is 21.7 Å². The van der Waals surface area contributed by atoms with Crippen molar-refractivity contribution < 1.29 is 23.9 Å². The van der Waals surface area contributed by atoms with Gasteiger partial charge < -0.3 is 31.2 Å². The van der Waals surface area contributed by atoms with Crippen molar-refractivity contribution in [2.24, 2.45) is 11.7 Å². The zero-order valence-corrected chi connectivity index (χ0v) is 23.9. The third-order valence-corrected chi connectivity index (χ3v) is 5.98. The van der Waals surface area contributed by atoms with Crippen LogP contribution in [0.4, 0.5) is 4.79 Å². The number of carbonyl (C=O) groups is 3. The molecule has 3 atom stereocenters. The Hall–Kier alpha value is -1.42. The van der Waals surface area contributed by atoms with Gasteiger partial charge in [-0.15, -0.1) is 0 Å². The Labute approximate surface area is 229 Å². The molecule has 0 aliphatic heterocycles. The van der Waals surface area contributed by atoms with E-state index in [-0.39, 0.29) is 18.4 Å². The molecule has 1 aliphatic rings. The number of ether oxygens (including phenoxy) is 2. The largest absolute Gasteiger partial charge is 0.492 e. The van der Waals surface area contributed by atoms with Crippen molar-refractivity contribution in [3.8, 4) is 0 Å². The van der Waals surface area contributed by atoms with E-state index in [1.54, 1.807) is 27.7 Å². The van der Waals surface area contributed by atoms with Crippen molar-refractivity contribution in [1.82, 2.24) is 16.0 Å². The van der Waals surface area contributed by atoms with E-state index in [1.165, 1.54) is 0 Å². The number of nitrogens with two attached hydrogens (primary N) is 1. The molecule has 0 aromatic carbocycles. The molecule has 0 aromatic heterocycles. The fourth-order valence-corrected chi connectivity index (χ4v) is 3.96. The monoisotopic (exact) mass is 570 g/mol. The molecule has 0 heterocycles. The smallest absolute Gasteiger partial charge is 0.408 e. The van der Waals surface area contributed by atoms with Crippen LogP contribution in [0.5, 0.6) is 0 Å². The highest BCUT2D eigenvalue weighted by atomic mass is 35.6. The Kier molecular flexibility index (Phi) is 13.7. The molecule has 1 fully saturated rings. The molecular formula is C24H41Cl3N4O5. The fraction of sp³-hybridized carbons (Fsp3) is 0.792. The third kappa shape index (κ3) is 13.8. The van der Waals surface area contributed by atoms with Crippen LogP contribution in [0.2, 0.25) is 0 Å². The zero-order chi connectivity index (χ0) is 27.5. The fourth-order valence-electron chi connectivity index (χ4n) is 3.80. The summed E-state index contributed by atoms with van der Waals surface area (Å²) in [6.45, 7) is 10.8. The van der Waals surface area contributed by atoms with Gasteiger partial charge in [-0.3, -0.25) is 9.59 Å². The number of halogens is 3. The van der Waals surface area contributed by atoms with Gasteiger partial charge in [0.25, 0.3) is 0 Å². The van der Waals surface area contributed by atoms with Gasteiger partial charge in [0, 0.05) is 6.54 Å². The van der Waals surface area contributed by atoms with Crippen LogP contribution in [-0.4, -0.2) is 58.6 Å². The van der Waals surface area contributed by atoms with Gasteiger partial charge in [0.05, 0.1) is 6.04 Å². The van der Waals surface area contributed by atoms with Gasteiger partial charge in [-0.05, 0) is 59.3 Å². The summed E-state index contributed by atoms with van der Waals surface area (Å²) >= 11 is 16.9. The number of amides is 3. The summed E-state index contributed by atoms with van der Waals surface area (Å²) in [6, 6.07) is -2.05. The summed E-state index contributed by atoms with van der Waals surface area (Å²) < 4.78 is 9.05. The van der Waals surface area contributed by atoms with E-state index in [0.717, 1.165) is 32.1 Å². The molecule has 1 saturated carbocycles. The number of hydrogen-bond donors (Lipinski definition) is 4. The van der Waals surface area contributed by atoms with E-state index in [4.69, 9.17) is 50.0 Å². The topological polar surface area (TPSA) is 132 Å². The SMILES string of the molecule is C=C(OCC(Cl)(Cl)Cl)C(N)CCCNC(=O)C(C)NC(=O)C(NC(=O)OC(C)(C)C)C1CCCCC1. The van der Waals surface area contributed by atoms with E-state index < -0.39 is 39.5 Å². The van der Waals surface area contributed by atoms with Crippen molar-refractivity contribution >= 4 is 52.7 Å². The molecule has 9 nitrogen and oxygen atoms in total. The average molecular weight is 572 g/mol. The first kappa shape index (κ1) is 32.6. The van der Waals surface area contributed by atoms with Crippen LogP contribution in [0.1, 0.15) is 72.6 Å². The highest BCUT2D eigenvalue weighted by Gasteiger charge is 2.33. The second-order valence-corrected chi connectivity index (χ2v) is 12.7. The first-order valence-corrected chi connectivity index (χ1v) is 13.4. The summed E-state index contributed by atoms with van der Waals surface area (Å²) in [5.41, 5.74) is 5.32. The Morgan fingerprint density at radius 1 is 1.06 bits per heavy atom. The maximum atomic E-state index is 13.1. The van der Waals surface area contributed by atoms with Gasteiger partial charge in [-0.25, -0.2) is 4.79 Å². The van der Waals surface area contributed by atoms with Crippen LogP contribution >= 0.6 is 34.8 Å². The minimum Gasteiger partial charge on any atom is -0.492 e. The number of carbonyl (C=O) groups excluding carboxylic acids is 3. The second-order valence-electron chi connectivity index (χ2n) is 10.2. The van der Waals surface area contributed by atoms with Gasteiger partial charge >= 0.3 is 6.09 Å². The Morgan fingerprint density at radius 2 is 1.67 bits per heavy atom. The molecule has 208 valence electrons. The molecular weight excluding hydrogens is 531 g/mol. The molecule has 0 radical (unpaired) electrons. The first-order valence-electron chi connectivity index (χ1n) is 12.3. The number of hydrogen-bond acceptors (Lipinski definition) is 6. The molecule has 0 saturated heterocycles. The van der Waals surface area contributed by atoms with E-state index in [1.807, 2.05) is 0 Å². The number of nitrogens with one attached hydrogen (secondary N) is 3. The standard InChI is InChI=1S/C24H41Cl3N4O5/c1-15(20(32)29-13-9-12-18(28)16(2)35-14-24(25,26)27)30-21(33)19(17-10-7-6-8-11-17)31-22(34)36-23(3,4)5/h15,17-19H,2,6-14,28H2,1,3-5H3,(H,29,32)(H,30,33)(H,31,34). The van der Waals surface area contributed by atoms with Crippen LogP contribution in [0.15, 0.2) is 12.3 Å². The van der Waals surface area contributed by atoms with E-state index >= 15 is 0 Å². The Bertz CT molecular complexity index is 749. The predicted octanol–water partition coefficient (Wildman–Crippen LogP) is 4.09. The highest BCUT2D eigenvalue weighted by molar-refractivity contribution is 6.67. The van der Waals surface area contributed by atoms with Crippen molar-refractivity contribution in [1.29, 1.82) is 0 Å². The summed E-state index contributed by atoms with van der Waals surface area (Å²) in [4.78, 5) is 37.9. The molecule has 3 unspecified atom stereocenters. The molecule has 5 N–H and O–H groups in total. The minimum atomic E-state index is -1.56. The molecule has 0 aromatic rings. The number of alkyl halides is 3. The second kappa shape index (κ2) is 15.1. The number of alkyl carbamates (subject to hydrolysis) is 1. The van der Waals surface area contributed by atoms with Gasteiger partial charge in [0.15, 0.2) is 0 Å². The normalized spacial score (nSPS) is 17.3. The van der Waals surface area contributed by atoms with Crippen LogP contribution in [0.25, 0.3) is 0 Å². The lowest BCUT2D eigenvalue weighted by Crippen LogP contribution is -2.56. The van der Waals surface area contributed by atoms with Crippen molar-refractivity contribution in [2.75, 3.05) is 13.2 Å². The molecule has 0 spiro atoms. The van der Waals surface area contributed by atoms with Crippen LogP contribution in [-0.2, 0) is 19.1 Å². The first-order chi connectivity index (χ1) is 16.6. The summed E-state index contributed by atoms with van der Waals surface area (Å²) in [6.07, 6.45) is 5.12. The number of rotatable bonds is 12. The lowest BCUT2D eigenvalue weighted by Gasteiger charge is -2.31. The lowest BCUT2D eigenvalue weighted by atomic mass is 9.83. The zero-order valence-electron chi connectivity index (χ0n) is 21.6. The predicted molar refractivity (Wildman–Crippen MR) is 143 cm³/mol. The molecule has 12 heteroatoms. The highest BCUT2D eigenvalue weighted by Crippen LogP contribution is 2.28. The maximum absolute atomic E-state index is 13.1. The lowest BCUT2D eigenvalue weighted by molar-refractivity contribution is -0.130. The Balaban J connectivity index is 2.53. The quantitative estimate of drug-likeness (QED) is 0.158. The minimum absolute atomic E-state index is 0.0140. The summed E-state index contributed by atoms with van der Waals surface area (Å²) in [5.74, 6) is -0.470. The van der Waals surface area contributed by atoms with Crippen LogP contribution in [0, 0.1) is 5.92 Å². The summed E-state index contributed by atoms with van der Waals surface area (Å²) in [7, 11) is 0. The average Bonchev–Trinajstić information content (AvgIpc) is 2.77. The van der Waals surface area contributed by atoms with Gasteiger partial charge in [-0.1, -0.05) is 60.6 Å². The van der Waals surface area contributed by atoms with Crippen molar-refractivity contribution in [2.45, 2.75) is 100 Å². The van der Waals surface area contributed by atoms with Gasteiger partial charge in [-0.2, -0.15) is 0 Å². The van der Waals surface area contributed by atoms with E-state index in [2.05, 4.69) is 22.5 Å². The molecule has 1 rings (SSSR count). The van der Waals surface area contributed by atoms with Crippen molar-refractivity contribution in [3.05, 3.63) is 12.3 Å². The van der Waals surface area contributed by atoms with Crippen LogP contribution in [0.3, 0.4) is 0 Å². The maximum Gasteiger partial charge on any atom is 0.408 e. The van der Waals surface area contributed by atoms with Gasteiger partial charge in [0.2, 0.25) is 15.6 Å². The van der Waals surface area contributed by atoms with E-state index in [9.17, 15) is 14.4 Å². The third-order valence-electron chi connectivity index (χ3n) is 5.65.